The van der Waals surface area contributed by atoms with Crippen molar-refractivity contribution in [3.63, 3.8) is 0 Å². The highest BCUT2D eigenvalue weighted by Crippen LogP contribution is 2.22. The minimum Gasteiger partial charge on any atom is -0.383 e. The summed E-state index contributed by atoms with van der Waals surface area (Å²) in [6.45, 7) is 4.86. The van der Waals surface area contributed by atoms with Crippen molar-refractivity contribution in [3.8, 4) is 0 Å². The topological polar surface area (TPSA) is 148 Å². The maximum atomic E-state index is 13.1. The SMILES string of the molecule is COCCN(Cc1nnc(C(=O)Nc2ccc(F)cc2)s1)c1c(N)n(CC(C)C)c(=O)[nH]c1=O. The highest BCUT2D eigenvalue weighted by molar-refractivity contribution is 7.13. The smallest absolute Gasteiger partial charge is 0.330 e. The number of aromatic amines is 1. The maximum Gasteiger partial charge on any atom is 0.330 e. The number of hydrogen-bond acceptors (Lipinski definition) is 9. The lowest BCUT2D eigenvalue weighted by molar-refractivity contribution is 0.102. The fourth-order valence-electron chi connectivity index (χ4n) is 3.19. The first-order valence-electron chi connectivity index (χ1n) is 10.4. The Labute approximate surface area is 198 Å². The number of anilines is 3. The summed E-state index contributed by atoms with van der Waals surface area (Å²) in [5.74, 6) is -0.753. The lowest BCUT2D eigenvalue weighted by Gasteiger charge is -2.25. The Kier molecular flexibility index (Phi) is 8.12. The van der Waals surface area contributed by atoms with E-state index in [9.17, 15) is 18.8 Å². The van der Waals surface area contributed by atoms with E-state index in [1.807, 2.05) is 13.8 Å². The second kappa shape index (κ2) is 11.0. The number of halogens is 1. The van der Waals surface area contributed by atoms with Crippen molar-refractivity contribution in [1.29, 1.82) is 0 Å². The fourth-order valence-corrected chi connectivity index (χ4v) is 3.94. The van der Waals surface area contributed by atoms with Crippen LogP contribution >= 0.6 is 11.3 Å². The number of nitrogen functional groups attached to an aromatic ring is 1. The van der Waals surface area contributed by atoms with E-state index in [0.29, 0.717) is 17.2 Å². The fraction of sp³-hybridized carbons (Fsp3) is 0.381. The van der Waals surface area contributed by atoms with Crippen LogP contribution in [-0.2, 0) is 17.8 Å². The number of aromatic nitrogens is 4. The van der Waals surface area contributed by atoms with Gasteiger partial charge in [0, 0.05) is 25.9 Å². The van der Waals surface area contributed by atoms with Crippen LogP contribution < -0.4 is 27.2 Å². The molecule has 0 fully saturated rings. The molecule has 0 radical (unpaired) electrons. The zero-order valence-corrected chi connectivity index (χ0v) is 19.8. The summed E-state index contributed by atoms with van der Waals surface area (Å²) in [6.07, 6.45) is 0. The van der Waals surface area contributed by atoms with Gasteiger partial charge in [-0.3, -0.25) is 19.1 Å². The first kappa shape index (κ1) is 25.1. The predicted octanol–water partition coefficient (Wildman–Crippen LogP) is 1.67. The minimum atomic E-state index is -0.627. The normalized spacial score (nSPS) is 11.1. The molecule has 0 spiro atoms. The third kappa shape index (κ3) is 6.05. The molecule has 0 saturated carbocycles. The molecule has 0 aliphatic heterocycles. The Bertz CT molecular complexity index is 1250. The van der Waals surface area contributed by atoms with Gasteiger partial charge in [-0.2, -0.15) is 0 Å². The van der Waals surface area contributed by atoms with Gasteiger partial charge in [0.25, 0.3) is 11.5 Å². The van der Waals surface area contributed by atoms with E-state index in [1.165, 1.54) is 35.9 Å². The number of nitrogens with one attached hydrogen (secondary N) is 2. The van der Waals surface area contributed by atoms with Gasteiger partial charge < -0.3 is 20.7 Å². The van der Waals surface area contributed by atoms with E-state index in [2.05, 4.69) is 20.5 Å². The van der Waals surface area contributed by atoms with Crippen LogP contribution in [-0.4, -0.2) is 45.9 Å². The molecule has 1 aromatic carbocycles. The van der Waals surface area contributed by atoms with E-state index in [0.717, 1.165) is 11.3 Å². The summed E-state index contributed by atoms with van der Waals surface area (Å²) in [7, 11) is 1.52. The van der Waals surface area contributed by atoms with Gasteiger partial charge in [-0.1, -0.05) is 25.2 Å². The van der Waals surface area contributed by atoms with Crippen molar-refractivity contribution in [2.24, 2.45) is 5.92 Å². The van der Waals surface area contributed by atoms with E-state index in [1.54, 1.807) is 4.90 Å². The Morgan fingerprint density at radius 3 is 2.65 bits per heavy atom. The first-order chi connectivity index (χ1) is 16.2. The van der Waals surface area contributed by atoms with Gasteiger partial charge in [0.2, 0.25) is 5.01 Å². The Morgan fingerprint density at radius 1 is 1.29 bits per heavy atom. The number of H-pyrrole nitrogens is 1. The van der Waals surface area contributed by atoms with E-state index >= 15 is 0 Å². The second-order valence-electron chi connectivity index (χ2n) is 7.87. The largest absolute Gasteiger partial charge is 0.383 e. The van der Waals surface area contributed by atoms with Crippen molar-refractivity contribution in [3.05, 3.63) is 60.9 Å². The summed E-state index contributed by atoms with van der Waals surface area (Å²) in [5, 5.41) is 11.1. The van der Waals surface area contributed by atoms with Gasteiger partial charge >= 0.3 is 5.69 Å². The van der Waals surface area contributed by atoms with Gasteiger partial charge in [0.15, 0.2) is 0 Å². The third-order valence-corrected chi connectivity index (χ3v) is 5.64. The summed E-state index contributed by atoms with van der Waals surface area (Å²) in [5.41, 5.74) is 5.57. The number of methoxy groups -OCH3 is 1. The quantitative estimate of drug-likeness (QED) is 0.388. The molecular formula is C21H26FN7O4S. The molecule has 1 amide bonds. The molecule has 0 saturated heterocycles. The van der Waals surface area contributed by atoms with Crippen molar-refractivity contribution < 1.29 is 13.9 Å². The summed E-state index contributed by atoms with van der Waals surface area (Å²) in [6, 6.07) is 5.33. The zero-order valence-electron chi connectivity index (χ0n) is 19.0. The van der Waals surface area contributed by atoms with Crippen LogP contribution in [0.1, 0.15) is 28.7 Å². The molecular weight excluding hydrogens is 465 g/mol. The number of carbonyl (C=O) groups is 1. The molecule has 3 rings (SSSR count). The van der Waals surface area contributed by atoms with E-state index in [-0.39, 0.29) is 42.1 Å². The number of ether oxygens (including phenoxy) is 1. The van der Waals surface area contributed by atoms with Crippen LogP contribution in [0.15, 0.2) is 33.9 Å². The number of rotatable bonds is 10. The van der Waals surface area contributed by atoms with Gasteiger partial charge in [-0.25, -0.2) is 9.18 Å². The maximum absolute atomic E-state index is 13.1. The number of nitrogens with two attached hydrogens (primary N) is 1. The average Bonchev–Trinajstić information content (AvgIpc) is 3.25. The van der Waals surface area contributed by atoms with Gasteiger partial charge in [0.05, 0.1) is 13.2 Å². The second-order valence-corrected chi connectivity index (χ2v) is 8.94. The average molecular weight is 492 g/mol. The van der Waals surface area contributed by atoms with Crippen LogP contribution in [0.5, 0.6) is 0 Å². The third-order valence-electron chi connectivity index (χ3n) is 4.73. The van der Waals surface area contributed by atoms with Crippen LogP contribution in [0.2, 0.25) is 0 Å². The van der Waals surface area contributed by atoms with Gasteiger partial charge in [-0.15, -0.1) is 10.2 Å². The van der Waals surface area contributed by atoms with E-state index in [4.69, 9.17) is 10.5 Å². The highest BCUT2D eigenvalue weighted by atomic mass is 32.1. The molecule has 2 aromatic heterocycles. The van der Waals surface area contributed by atoms with Gasteiger partial charge in [-0.05, 0) is 30.2 Å². The number of hydrogen-bond donors (Lipinski definition) is 3. The lowest BCUT2D eigenvalue weighted by atomic mass is 10.2. The van der Waals surface area contributed by atoms with Crippen LogP contribution in [0.3, 0.4) is 0 Å². The van der Waals surface area contributed by atoms with Crippen molar-refractivity contribution >= 4 is 34.4 Å². The summed E-state index contributed by atoms with van der Waals surface area (Å²) in [4.78, 5) is 41.4. The molecule has 0 aliphatic rings. The minimum absolute atomic E-state index is 0.0392. The Hall–Kier alpha value is -3.58. The van der Waals surface area contributed by atoms with Crippen molar-refractivity contribution in [2.45, 2.75) is 26.9 Å². The van der Waals surface area contributed by atoms with Crippen LogP contribution in [0.4, 0.5) is 21.6 Å². The summed E-state index contributed by atoms with van der Waals surface area (Å²) >= 11 is 1.04. The van der Waals surface area contributed by atoms with E-state index < -0.39 is 23.0 Å². The Balaban J connectivity index is 1.86. The number of benzene rings is 1. The molecule has 4 N–H and O–H groups in total. The number of amides is 1. The molecule has 0 aliphatic carbocycles. The molecule has 0 bridgehead atoms. The lowest BCUT2D eigenvalue weighted by Crippen LogP contribution is -2.39. The Morgan fingerprint density at radius 2 is 2.00 bits per heavy atom. The van der Waals surface area contributed by atoms with Crippen molar-refractivity contribution in [1.82, 2.24) is 19.7 Å². The molecule has 0 unspecified atom stereocenters. The molecule has 2 heterocycles. The monoisotopic (exact) mass is 491 g/mol. The van der Waals surface area contributed by atoms with Gasteiger partial charge in [0.1, 0.15) is 22.3 Å². The standard InChI is InChI=1S/C21H26FN7O4S/c1-12(2)10-29-17(23)16(18(30)25-21(29)32)28(8-9-33-3)11-15-26-27-20(34-15)19(31)24-14-6-4-13(22)5-7-14/h4-7,12H,8-11,23H2,1-3H3,(H,24,31)(H,25,30,32). The molecule has 0 atom stereocenters. The first-order valence-corrected chi connectivity index (χ1v) is 11.3. The predicted molar refractivity (Wildman–Crippen MR) is 128 cm³/mol. The number of nitrogens with zero attached hydrogens (tertiary/aromatic N) is 4. The zero-order chi connectivity index (χ0) is 24.8. The molecule has 11 nitrogen and oxygen atoms in total. The highest BCUT2D eigenvalue weighted by Gasteiger charge is 2.22. The molecule has 13 heteroatoms. The number of carbonyl (C=O) groups excluding carboxylic acids is 1. The molecule has 182 valence electrons. The van der Waals surface area contributed by atoms with Crippen LogP contribution in [0, 0.1) is 11.7 Å². The van der Waals surface area contributed by atoms with Crippen LogP contribution in [0.25, 0.3) is 0 Å². The molecule has 3 aromatic rings. The van der Waals surface area contributed by atoms with Crippen molar-refractivity contribution in [2.75, 3.05) is 36.2 Å². The molecule has 34 heavy (non-hydrogen) atoms. The summed E-state index contributed by atoms with van der Waals surface area (Å²) < 4.78 is 19.6.